The predicted molar refractivity (Wildman–Crippen MR) is 86.3 cm³/mol. The number of amides is 1. The number of rotatable bonds is 4. The summed E-state index contributed by atoms with van der Waals surface area (Å²) in [6.07, 6.45) is 4.11. The second kappa shape index (κ2) is 6.31. The molecule has 1 aliphatic rings. The van der Waals surface area contributed by atoms with Gasteiger partial charge in [0.05, 0.1) is 17.9 Å². The number of hydrogen-bond donors (Lipinski definition) is 1. The van der Waals surface area contributed by atoms with Crippen LogP contribution in [0.15, 0.2) is 48.5 Å². The highest BCUT2D eigenvalue weighted by Crippen LogP contribution is 2.12. The lowest BCUT2D eigenvalue weighted by atomic mass is 10.1. The van der Waals surface area contributed by atoms with Crippen molar-refractivity contribution in [3.05, 3.63) is 74.6 Å². The first-order valence-corrected chi connectivity index (χ1v) is 7.18. The van der Waals surface area contributed by atoms with Crippen LogP contribution in [0.25, 0.3) is 12.3 Å². The molecule has 2 aromatic rings. The van der Waals surface area contributed by atoms with Gasteiger partial charge in [0.15, 0.2) is 0 Å². The topological polar surface area (TPSA) is 75.5 Å². The van der Waals surface area contributed by atoms with E-state index < -0.39 is 4.92 Å². The third-order valence-corrected chi connectivity index (χ3v) is 3.58. The molecule has 0 fully saturated rings. The van der Waals surface area contributed by atoms with Crippen molar-refractivity contribution < 1.29 is 9.72 Å². The van der Waals surface area contributed by atoms with Gasteiger partial charge in [-0.3, -0.25) is 25.3 Å². The Morgan fingerprint density at radius 1 is 1.13 bits per heavy atom. The second-order valence-corrected chi connectivity index (χ2v) is 5.25. The van der Waals surface area contributed by atoms with E-state index in [0.717, 1.165) is 16.0 Å². The van der Waals surface area contributed by atoms with Gasteiger partial charge in [0, 0.05) is 18.3 Å². The Hall–Kier alpha value is -3.15. The van der Waals surface area contributed by atoms with Crippen LogP contribution >= 0.6 is 0 Å². The Balaban J connectivity index is 1.64. The minimum Gasteiger partial charge on any atom is -0.288 e. The molecule has 0 unspecified atom stereocenters. The molecule has 1 amide bonds. The first-order valence-electron chi connectivity index (χ1n) is 7.18. The third-order valence-electron chi connectivity index (χ3n) is 3.58. The fourth-order valence-corrected chi connectivity index (χ4v) is 2.43. The van der Waals surface area contributed by atoms with Crippen molar-refractivity contribution in [1.29, 1.82) is 0 Å². The zero-order chi connectivity index (χ0) is 16.2. The van der Waals surface area contributed by atoms with E-state index in [1.54, 1.807) is 17.1 Å². The fourth-order valence-electron chi connectivity index (χ4n) is 2.43. The van der Waals surface area contributed by atoms with Crippen molar-refractivity contribution in [2.24, 2.45) is 0 Å². The summed E-state index contributed by atoms with van der Waals surface area (Å²) >= 11 is 0. The van der Waals surface area contributed by atoms with Crippen molar-refractivity contribution in [2.45, 2.75) is 6.42 Å². The number of carbonyl (C=O) groups is 1. The Morgan fingerprint density at radius 3 is 2.52 bits per heavy atom. The Kier molecular flexibility index (Phi) is 4.05. The molecular weight excluding hydrogens is 294 g/mol. The largest absolute Gasteiger partial charge is 0.288 e. The van der Waals surface area contributed by atoms with Crippen molar-refractivity contribution in [2.75, 3.05) is 6.54 Å². The number of hydrazine groups is 1. The van der Waals surface area contributed by atoms with E-state index in [9.17, 15) is 14.9 Å². The molecule has 0 aromatic heterocycles. The molecule has 2 aromatic carbocycles. The number of benzene rings is 2. The maximum Gasteiger partial charge on any atom is 0.269 e. The highest BCUT2D eigenvalue weighted by molar-refractivity contribution is 5.78. The Bertz CT molecular complexity index is 859. The van der Waals surface area contributed by atoms with Crippen LogP contribution in [-0.2, 0) is 11.2 Å². The van der Waals surface area contributed by atoms with Crippen molar-refractivity contribution >= 4 is 23.9 Å². The van der Waals surface area contributed by atoms with Crippen LogP contribution in [0.2, 0.25) is 0 Å². The molecule has 0 saturated heterocycles. The Morgan fingerprint density at radius 2 is 1.83 bits per heavy atom. The molecule has 0 saturated carbocycles. The van der Waals surface area contributed by atoms with Gasteiger partial charge < -0.3 is 0 Å². The highest BCUT2D eigenvalue weighted by Gasteiger charge is 2.10. The minimum atomic E-state index is -0.459. The van der Waals surface area contributed by atoms with Crippen LogP contribution in [-0.4, -0.2) is 22.4 Å². The zero-order valence-electron chi connectivity index (χ0n) is 12.3. The molecule has 6 heteroatoms. The smallest absolute Gasteiger partial charge is 0.269 e. The van der Waals surface area contributed by atoms with Crippen LogP contribution in [0.1, 0.15) is 5.56 Å². The third kappa shape index (κ3) is 3.55. The number of non-ortho nitro benzene ring substituents is 1. The van der Waals surface area contributed by atoms with E-state index >= 15 is 0 Å². The molecule has 0 spiro atoms. The summed E-state index contributed by atoms with van der Waals surface area (Å²) in [7, 11) is 0. The van der Waals surface area contributed by atoms with Gasteiger partial charge >= 0.3 is 0 Å². The van der Waals surface area contributed by atoms with Gasteiger partial charge in [-0.05, 0) is 16.0 Å². The van der Waals surface area contributed by atoms with E-state index in [0.29, 0.717) is 6.54 Å². The van der Waals surface area contributed by atoms with E-state index in [1.165, 1.54) is 12.1 Å². The number of hydrogen-bond acceptors (Lipinski definition) is 4. The fraction of sp³-hybridized carbons (Fsp3) is 0.118. The van der Waals surface area contributed by atoms with E-state index in [1.807, 2.05) is 36.5 Å². The number of nitrogens with one attached hydrogen (secondary N) is 1. The number of fused-ring (bicyclic) bond motifs is 1. The van der Waals surface area contributed by atoms with Crippen LogP contribution in [0.4, 0.5) is 5.69 Å². The lowest BCUT2D eigenvalue weighted by Crippen LogP contribution is -2.45. The first kappa shape index (κ1) is 14.8. The molecule has 0 atom stereocenters. The van der Waals surface area contributed by atoms with Crippen molar-refractivity contribution in [3.8, 4) is 0 Å². The molecule has 1 heterocycles. The van der Waals surface area contributed by atoms with Crippen molar-refractivity contribution in [3.63, 3.8) is 0 Å². The van der Waals surface area contributed by atoms with Crippen LogP contribution in [0.3, 0.4) is 0 Å². The standard InChI is InChI=1S/C17H15N3O3/c21-17(11-13-5-7-16(8-6-13)20(22)23)18-19-10-9-14-3-1-2-4-15(14)12-19/h1-9,12H,10-11H2,(H,18,21). The van der Waals surface area contributed by atoms with Gasteiger partial charge in [-0.15, -0.1) is 0 Å². The summed E-state index contributed by atoms with van der Waals surface area (Å²) in [5.41, 5.74) is 3.57. The van der Waals surface area contributed by atoms with E-state index in [-0.39, 0.29) is 18.0 Å². The van der Waals surface area contributed by atoms with Crippen LogP contribution in [0, 0.1) is 10.1 Å². The molecule has 116 valence electrons. The summed E-state index contributed by atoms with van der Waals surface area (Å²) < 4.78 is 0. The molecule has 3 rings (SSSR count). The number of nitro groups is 1. The molecule has 1 N–H and O–H groups in total. The average Bonchev–Trinajstić information content (AvgIpc) is 2.55. The van der Waals surface area contributed by atoms with Gasteiger partial charge in [0.1, 0.15) is 0 Å². The maximum absolute atomic E-state index is 12.1. The normalized spacial score (nSPS) is 12.6. The SMILES string of the molecule is O=C(Cc1ccc([N+](=O)[O-])cc1)NN1C=c2ccccc2=CC1. The van der Waals surface area contributed by atoms with Crippen LogP contribution < -0.4 is 15.9 Å². The van der Waals surface area contributed by atoms with Crippen molar-refractivity contribution in [1.82, 2.24) is 10.4 Å². The van der Waals surface area contributed by atoms with E-state index in [2.05, 4.69) is 5.43 Å². The predicted octanol–water partition coefficient (Wildman–Crippen LogP) is 0.703. The molecule has 0 bridgehead atoms. The minimum absolute atomic E-state index is 0.0183. The lowest BCUT2D eigenvalue weighted by Gasteiger charge is -2.22. The highest BCUT2D eigenvalue weighted by atomic mass is 16.6. The molecule has 23 heavy (non-hydrogen) atoms. The molecular formula is C17H15N3O3. The molecule has 0 radical (unpaired) electrons. The zero-order valence-corrected chi connectivity index (χ0v) is 12.3. The van der Waals surface area contributed by atoms with Gasteiger partial charge in [-0.1, -0.05) is 42.5 Å². The summed E-state index contributed by atoms with van der Waals surface area (Å²) in [5.74, 6) is -0.164. The van der Waals surface area contributed by atoms with Gasteiger partial charge in [-0.2, -0.15) is 0 Å². The maximum atomic E-state index is 12.1. The van der Waals surface area contributed by atoms with Gasteiger partial charge in [0.25, 0.3) is 5.69 Å². The summed E-state index contributed by atoms with van der Waals surface area (Å²) in [6.45, 7) is 0.600. The number of nitrogens with zero attached hydrogens (tertiary/aromatic N) is 2. The monoisotopic (exact) mass is 309 g/mol. The number of nitro benzene ring substituents is 1. The summed E-state index contributed by atoms with van der Waals surface area (Å²) in [5, 5.41) is 14.5. The number of carbonyl (C=O) groups excluding carboxylic acids is 1. The molecule has 1 aliphatic heterocycles. The second-order valence-electron chi connectivity index (χ2n) is 5.25. The van der Waals surface area contributed by atoms with Gasteiger partial charge in [-0.25, -0.2) is 0 Å². The summed E-state index contributed by atoms with van der Waals surface area (Å²) in [6, 6.07) is 13.9. The van der Waals surface area contributed by atoms with Gasteiger partial charge in [0.2, 0.25) is 5.91 Å². The summed E-state index contributed by atoms with van der Waals surface area (Å²) in [4.78, 5) is 22.2. The van der Waals surface area contributed by atoms with E-state index in [4.69, 9.17) is 0 Å². The average molecular weight is 309 g/mol. The molecule has 0 aliphatic carbocycles. The molecule has 6 nitrogen and oxygen atoms in total. The lowest BCUT2D eigenvalue weighted by molar-refractivity contribution is -0.384. The first-order chi connectivity index (χ1) is 11.1. The Labute approximate surface area is 132 Å². The van der Waals surface area contributed by atoms with Crippen LogP contribution in [0.5, 0.6) is 0 Å². The quantitative estimate of drug-likeness (QED) is 0.666.